The molecule has 0 saturated heterocycles. The van der Waals surface area contributed by atoms with Crippen LogP contribution in [-0.2, 0) is 28.2 Å². The summed E-state index contributed by atoms with van der Waals surface area (Å²) in [6.07, 6.45) is 30.2. The van der Waals surface area contributed by atoms with Gasteiger partial charge in [0.1, 0.15) is 6.61 Å². The molecule has 0 saturated carbocycles. The summed E-state index contributed by atoms with van der Waals surface area (Å²) >= 11 is 0. The first-order valence-electron chi connectivity index (χ1n) is 16.4. The maximum atomic E-state index is 12.2. The fraction of sp³-hybridized carbons (Fsp3) is 0.600. The van der Waals surface area contributed by atoms with Gasteiger partial charge >= 0.3 is 19.8 Å². The Morgan fingerprint density at radius 3 is 1.89 bits per heavy atom. The Hall–Kier alpha value is -2.59. The number of esters is 2. The number of hydrogen-bond acceptors (Lipinski definition) is 8. The van der Waals surface area contributed by atoms with Gasteiger partial charge in [-0.1, -0.05) is 125 Å². The first kappa shape index (κ1) is 43.4. The Balaban J connectivity index is 4.28. The summed E-state index contributed by atoms with van der Waals surface area (Å²) < 4.78 is 26.0. The van der Waals surface area contributed by atoms with E-state index in [0.717, 1.165) is 25.7 Å². The lowest BCUT2D eigenvalue weighted by molar-refractivity contribution is -0.161. The van der Waals surface area contributed by atoms with E-state index in [0.29, 0.717) is 32.1 Å². The molecule has 11 heteroatoms. The lowest BCUT2D eigenvalue weighted by Gasteiger charge is -2.18. The lowest BCUT2D eigenvalue weighted by Crippen LogP contribution is -2.29. The Morgan fingerprint density at radius 2 is 1.28 bits per heavy atom. The number of ether oxygens (including phenoxy) is 2. The molecular formula is C35H57O10P. The minimum atomic E-state index is -4.78. The Labute approximate surface area is 275 Å². The van der Waals surface area contributed by atoms with Crippen molar-refractivity contribution in [3.05, 3.63) is 72.9 Å². The van der Waals surface area contributed by atoms with Gasteiger partial charge in [0.2, 0.25) is 0 Å². The van der Waals surface area contributed by atoms with Crippen molar-refractivity contribution in [1.82, 2.24) is 0 Å². The monoisotopic (exact) mass is 668 g/mol. The second kappa shape index (κ2) is 29.8. The van der Waals surface area contributed by atoms with E-state index in [-0.39, 0.29) is 19.4 Å². The van der Waals surface area contributed by atoms with E-state index in [1.807, 2.05) is 43.4 Å². The van der Waals surface area contributed by atoms with Gasteiger partial charge < -0.3 is 29.5 Å². The second-order valence-electron chi connectivity index (χ2n) is 10.8. The Morgan fingerprint density at radius 1 is 0.696 bits per heavy atom. The SMILES string of the molecule is CC/C=C\C[C@@H](O)/C=C/C=C\C=C\[C@@H](O)C/C=C\C/C=C\CCC(=O)OC[C@H](COP(=O)(O)O)OC(=O)CCCCCCCCC. The molecule has 10 nitrogen and oxygen atoms in total. The highest BCUT2D eigenvalue weighted by Gasteiger charge is 2.22. The number of rotatable bonds is 28. The molecule has 4 N–H and O–H groups in total. The quantitative estimate of drug-likeness (QED) is 0.0222. The lowest BCUT2D eigenvalue weighted by atomic mass is 10.1. The van der Waals surface area contributed by atoms with Crippen LogP contribution >= 0.6 is 7.82 Å². The number of allylic oxidation sites excluding steroid dienone is 8. The van der Waals surface area contributed by atoms with Crippen LogP contribution in [0.1, 0.15) is 104 Å². The minimum absolute atomic E-state index is 0.0827. The van der Waals surface area contributed by atoms with Crippen LogP contribution < -0.4 is 0 Å². The summed E-state index contributed by atoms with van der Waals surface area (Å²) in [5, 5.41) is 19.8. The van der Waals surface area contributed by atoms with Gasteiger partial charge in [-0.2, -0.15) is 0 Å². The van der Waals surface area contributed by atoms with Crippen LogP contribution in [0.2, 0.25) is 0 Å². The number of aliphatic hydroxyl groups is 2. The molecule has 0 aliphatic heterocycles. The molecule has 0 heterocycles. The normalized spacial score (nSPS) is 14.8. The first-order chi connectivity index (χ1) is 22.1. The third kappa shape index (κ3) is 31.4. The molecule has 0 aliphatic rings. The number of carbonyl (C=O) groups is 2. The van der Waals surface area contributed by atoms with E-state index in [9.17, 15) is 24.4 Å². The van der Waals surface area contributed by atoms with Crippen molar-refractivity contribution in [2.24, 2.45) is 0 Å². The first-order valence-corrected chi connectivity index (χ1v) is 18.0. The average molecular weight is 669 g/mol. The molecule has 0 fully saturated rings. The van der Waals surface area contributed by atoms with E-state index < -0.39 is 44.7 Å². The van der Waals surface area contributed by atoms with Crippen LogP contribution in [0, 0.1) is 0 Å². The summed E-state index contributed by atoms with van der Waals surface area (Å²) in [6, 6.07) is 0. The highest BCUT2D eigenvalue weighted by molar-refractivity contribution is 7.46. The molecule has 0 aliphatic carbocycles. The van der Waals surface area contributed by atoms with Crippen molar-refractivity contribution in [1.29, 1.82) is 0 Å². The molecule has 0 amide bonds. The topological polar surface area (TPSA) is 160 Å². The molecule has 0 bridgehead atoms. The van der Waals surface area contributed by atoms with E-state index in [2.05, 4.69) is 11.4 Å². The fourth-order valence-corrected chi connectivity index (χ4v) is 4.28. The van der Waals surface area contributed by atoms with Gasteiger partial charge in [0, 0.05) is 12.8 Å². The van der Waals surface area contributed by atoms with Crippen LogP contribution in [0.5, 0.6) is 0 Å². The van der Waals surface area contributed by atoms with Gasteiger partial charge in [-0.3, -0.25) is 14.1 Å². The molecular weight excluding hydrogens is 611 g/mol. The molecule has 0 aromatic rings. The zero-order valence-corrected chi connectivity index (χ0v) is 28.6. The summed E-state index contributed by atoms with van der Waals surface area (Å²) in [5.74, 6) is -1.07. The van der Waals surface area contributed by atoms with E-state index in [1.165, 1.54) is 19.3 Å². The number of carbonyl (C=O) groups excluding carboxylic acids is 2. The second-order valence-corrected chi connectivity index (χ2v) is 12.0. The molecule has 0 unspecified atom stereocenters. The zero-order chi connectivity index (χ0) is 34.3. The van der Waals surface area contributed by atoms with Crippen LogP contribution in [0.4, 0.5) is 0 Å². The largest absolute Gasteiger partial charge is 0.469 e. The molecule has 0 spiro atoms. The van der Waals surface area contributed by atoms with Crippen LogP contribution in [-0.4, -0.2) is 63.5 Å². The Bertz CT molecular complexity index is 1010. The van der Waals surface area contributed by atoms with Gasteiger partial charge in [-0.05, 0) is 38.5 Å². The molecule has 0 rings (SSSR count). The molecule has 46 heavy (non-hydrogen) atoms. The number of hydrogen-bond donors (Lipinski definition) is 4. The van der Waals surface area contributed by atoms with E-state index in [1.54, 1.807) is 36.5 Å². The van der Waals surface area contributed by atoms with Crippen LogP contribution in [0.3, 0.4) is 0 Å². The van der Waals surface area contributed by atoms with Crippen LogP contribution in [0.25, 0.3) is 0 Å². The van der Waals surface area contributed by atoms with Crippen molar-refractivity contribution < 1.29 is 48.2 Å². The highest BCUT2D eigenvalue weighted by atomic mass is 31.2. The molecule has 262 valence electrons. The molecule has 0 radical (unpaired) electrons. The summed E-state index contributed by atoms with van der Waals surface area (Å²) in [6.45, 7) is 3.24. The third-order valence-electron chi connectivity index (χ3n) is 6.42. The zero-order valence-electron chi connectivity index (χ0n) is 27.7. The molecule has 0 aromatic carbocycles. The molecule has 3 atom stereocenters. The van der Waals surface area contributed by atoms with Crippen molar-refractivity contribution in [3.8, 4) is 0 Å². The van der Waals surface area contributed by atoms with Crippen molar-refractivity contribution in [2.75, 3.05) is 13.2 Å². The highest BCUT2D eigenvalue weighted by Crippen LogP contribution is 2.35. The van der Waals surface area contributed by atoms with Gasteiger partial charge in [-0.25, -0.2) is 4.57 Å². The number of phosphoric ester groups is 1. The summed E-state index contributed by atoms with van der Waals surface area (Å²) in [7, 11) is -4.78. The van der Waals surface area contributed by atoms with Gasteiger partial charge in [0.05, 0.1) is 18.8 Å². The minimum Gasteiger partial charge on any atom is -0.462 e. The van der Waals surface area contributed by atoms with Gasteiger partial charge in [0.25, 0.3) is 0 Å². The average Bonchev–Trinajstić information content (AvgIpc) is 3.00. The standard InChI is InChI=1S/C35H57O10P/c1-3-5-7-8-9-14-22-28-35(39)45-33(30-44-46(40,41)42)29-43-34(38)27-21-13-11-10-12-18-24-32(37)26-20-16-15-19-25-31(36)23-17-6-4-2/h6,11-13,15-20,25-26,31-33,36-37H,3-5,7-10,14,21-24,27-30H2,1-2H3,(H2,40,41,42)/b13-11-,16-15-,17-6-,18-12-,25-19+,26-20+/t31-,32+,33-/m1/s1. The number of unbranched alkanes of at least 4 members (excludes halogenated alkanes) is 6. The fourth-order valence-electron chi connectivity index (χ4n) is 3.92. The van der Waals surface area contributed by atoms with Crippen molar-refractivity contribution in [2.45, 2.75) is 122 Å². The third-order valence-corrected chi connectivity index (χ3v) is 6.90. The maximum absolute atomic E-state index is 12.2. The van der Waals surface area contributed by atoms with Crippen molar-refractivity contribution in [3.63, 3.8) is 0 Å². The summed E-state index contributed by atoms with van der Waals surface area (Å²) in [4.78, 5) is 42.3. The maximum Gasteiger partial charge on any atom is 0.469 e. The molecule has 0 aromatic heterocycles. The predicted molar refractivity (Wildman–Crippen MR) is 182 cm³/mol. The van der Waals surface area contributed by atoms with Gasteiger partial charge in [0.15, 0.2) is 6.10 Å². The predicted octanol–water partition coefficient (Wildman–Crippen LogP) is 7.11. The van der Waals surface area contributed by atoms with Gasteiger partial charge in [-0.15, -0.1) is 0 Å². The van der Waals surface area contributed by atoms with E-state index in [4.69, 9.17) is 19.3 Å². The smallest absolute Gasteiger partial charge is 0.462 e. The van der Waals surface area contributed by atoms with E-state index >= 15 is 0 Å². The van der Waals surface area contributed by atoms with Crippen molar-refractivity contribution >= 4 is 19.8 Å². The number of aliphatic hydroxyl groups excluding tert-OH is 2. The van der Waals surface area contributed by atoms with Crippen LogP contribution in [0.15, 0.2) is 72.9 Å². The summed E-state index contributed by atoms with van der Waals surface area (Å²) in [5.41, 5.74) is 0. The number of phosphoric acid groups is 1. The Kier molecular flexibility index (Phi) is 28.1.